The second-order valence-corrected chi connectivity index (χ2v) is 3.34. The normalized spacial score (nSPS) is 21.9. The molecule has 0 spiro atoms. The summed E-state index contributed by atoms with van der Waals surface area (Å²) in [6.07, 6.45) is 8.37. The highest BCUT2D eigenvalue weighted by Gasteiger charge is 2.22. The van der Waals surface area contributed by atoms with Gasteiger partial charge in [-0.05, 0) is 25.2 Å². The predicted molar refractivity (Wildman–Crippen MR) is 47.9 cm³/mol. The molecule has 1 unspecified atom stereocenters. The van der Waals surface area contributed by atoms with Crippen LogP contribution in [0.25, 0.3) is 0 Å². The quantitative estimate of drug-likeness (QED) is 0.366. The van der Waals surface area contributed by atoms with Gasteiger partial charge in [-0.2, -0.15) is 0 Å². The van der Waals surface area contributed by atoms with Crippen LogP contribution in [0, 0.1) is 5.92 Å². The van der Waals surface area contributed by atoms with Crippen LogP contribution in [0.2, 0.25) is 0 Å². The van der Waals surface area contributed by atoms with Crippen molar-refractivity contribution in [2.75, 3.05) is 0 Å². The van der Waals surface area contributed by atoms with E-state index in [-0.39, 0.29) is 0 Å². The van der Waals surface area contributed by atoms with Gasteiger partial charge in [-0.25, -0.2) is 0 Å². The lowest BCUT2D eigenvalue weighted by atomic mass is 9.96. The van der Waals surface area contributed by atoms with Crippen LogP contribution in [-0.2, 0) is 0 Å². The average molecular weight is 154 g/mol. The maximum absolute atomic E-state index is 5.44. The number of nitrogens with one attached hydrogen (secondary N) is 1. The van der Waals surface area contributed by atoms with Crippen molar-refractivity contribution >= 4 is 0 Å². The van der Waals surface area contributed by atoms with Gasteiger partial charge in [0.2, 0.25) is 0 Å². The SMILES string of the molecule is C=CCC(NN)C1CCCC1. The molecular weight excluding hydrogens is 136 g/mol. The Morgan fingerprint density at radius 1 is 1.55 bits per heavy atom. The minimum Gasteiger partial charge on any atom is -0.271 e. The van der Waals surface area contributed by atoms with Gasteiger partial charge < -0.3 is 0 Å². The van der Waals surface area contributed by atoms with E-state index >= 15 is 0 Å². The number of nitrogens with two attached hydrogens (primary N) is 1. The smallest absolute Gasteiger partial charge is 0.0273 e. The Kier molecular flexibility index (Phi) is 3.60. The van der Waals surface area contributed by atoms with Gasteiger partial charge >= 0.3 is 0 Å². The molecule has 64 valence electrons. The standard InChI is InChI=1S/C9H18N2/c1-2-5-9(11-10)8-6-3-4-7-8/h2,8-9,11H,1,3-7,10H2. The fourth-order valence-electron chi connectivity index (χ4n) is 1.94. The second kappa shape index (κ2) is 4.52. The molecular formula is C9H18N2. The van der Waals surface area contributed by atoms with E-state index in [2.05, 4.69) is 12.0 Å². The van der Waals surface area contributed by atoms with E-state index in [0.29, 0.717) is 6.04 Å². The largest absolute Gasteiger partial charge is 0.271 e. The van der Waals surface area contributed by atoms with Crippen molar-refractivity contribution in [3.05, 3.63) is 12.7 Å². The van der Waals surface area contributed by atoms with E-state index in [1.807, 2.05) is 6.08 Å². The van der Waals surface area contributed by atoms with Gasteiger partial charge in [-0.1, -0.05) is 18.9 Å². The molecule has 0 amide bonds. The molecule has 11 heavy (non-hydrogen) atoms. The topological polar surface area (TPSA) is 38.0 Å². The van der Waals surface area contributed by atoms with Crippen molar-refractivity contribution < 1.29 is 0 Å². The molecule has 3 N–H and O–H groups in total. The molecule has 1 aliphatic carbocycles. The molecule has 0 aromatic rings. The van der Waals surface area contributed by atoms with Crippen molar-refractivity contribution in [1.29, 1.82) is 0 Å². The molecule has 1 saturated carbocycles. The summed E-state index contributed by atoms with van der Waals surface area (Å²) in [5.41, 5.74) is 2.87. The van der Waals surface area contributed by atoms with Crippen LogP contribution in [0.5, 0.6) is 0 Å². The van der Waals surface area contributed by atoms with Crippen LogP contribution in [0.4, 0.5) is 0 Å². The first-order chi connectivity index (χ1) is 5.38. The van der Waals surface area contributed by atoms with Gasteiger partial charge in [-0.3, -0.25) is 11.3 Å². The number of rotatable bonds is 4. The van der Waals surface area contributed by atoms with Gasteiger partial charge in [0.25, 0.3) is 0 Å². The molecule has 1 atom stereocenters. The third-order valence-electron chi connectivity index (χ3n) is 2.60. The molecule has 0 aromatic carbocycles. The van der Waals surface area contributed by atoms with Crippen LogP contribution in [0.15, 0.2) is 12.7 Å². The summed E-state index contributed by atoms with van der Waals surface area (Å²) < 4.78 is 0. The van der Waals surface area contributed by atoms with Crippen LogP contribution in [0.1, 0.15) is 32.1 Å². The minimum atomic E-state index is 0.468. The van der Waals surface area contributed by atoms with Crippen molar-refractivity contribution in [1.82, 2.24) is 5.43 Å². The Bertz CT molecular complexity index is 117. The van der Waals surface area contributed by atoms with Crippen LogP contribution in [-0.4, -0.2) is 6.04 Å². The number of hydrogen-bond donors (Lipinski definition) is 2. The summed E-state index contributed by atoms with van der Waals surface area (Å²) in [5.74, 6) is 6.23. The third kappa shape index (κ3) is 2.31. The molecule has 0 aliphatic heterocycles. The van der Waals surface area contributed by atoms with E-state index in [9.17, 15) is 0 Å². The van der Waals surface area contributed by atoms with E-state index in [0.717, 1.165) is 12.3 Å². The lowest BCUT2D eigenvalue weighted by molar-refractivity contribution is 0.366. The highest BCUT2D eigenvalue weighted by atomic mass is 15.2. The lowest BCUT2D eigenvalue weighted by Crippen LogP contribution is -2.39. The Morgan fingerprint density at radius 3 is 2.64 bits per heavy atom. The van der Waals surface area contributed by atoms with Gasteiger partial charge in [0.1, 0.15) is 0 Å². The highest BCUT2D eigenvalue weighted by molar-refractivity contribution is 4.84. The fourth-order valence-corrected chi connectivity index (χ4v) is 1.94. The maximum Gasteiger partial charge on any atom is 0.0273 e. The lowest BCUT2D eigenvalue weighted by Gasteiger charge is -2.20. The van der Waals surface area contributed by atoms with E-state index in [1.54, 1.807) is 0 Å². The van der Waals surface area contributed by atoms with Crippen LogP contribution < -0.4 is 11.3 Å². The average Bonchev–Trinajstić information content (AvgIpc) is 2.52. The Balaban J connectivity index is 2.33. The zero-order valence-electron chi connectivity index (χ0n) is 7.05. The highest BCUT2D eigenvalue weighted by Crippen LogP contribution is 2.28. The van der Waals surface area contributed by atoms with Crippen LogP contribution >= 0.6 is 0 Å². The number of hydrogen-bond acceptors (Lipinski definition) is 2. The van der Waals surface area contributed by atoms with Crippen molar-refractivity contribution in [3.8, 4) is 0 Å². The van der Waals surface area contributed by atoms with Crippen molar-refractivity contribution in [3.63, 3.8) is 0 Å². The first kappa shape index (κ1) is 8.75. The fraction of sp³-hybridized carbons (Fsp3) is 0.778. The summed E-state index contributed by atoms with van der Waals surface area (Å²) in [5, 5.41) is 0. The minimum absolute atomic E-state index is 0.468. The Labute approximate surface area is 68.8 Å². The summed E-state index contributed by atoms with van der Waals surface area (Å²) >= 11 is 0. The van der Waals surface area contributed by atoms with Crippen molar-refractivity contribution in [2.45, 2.75) is 38.1 Å². The summed E-state index contributed by atoms with van der Waals surface area (Å²) in [6, 6.07) is 0.468. The molecule has 0 heterocycles. The molecule has 0 saturated heterocycles. The second-order valence-electron chi connectivity index (χ2n) is 3.34. The van der Waals surface area contributed by atoms with E-state index in [4.69, 9.17) is 5.84 Å². The van der Waals surface area contributed by atoms with Crippen molar-refractivity contribution in [2.24, 2.45) is 11.8 Å². The molecule has 0 radical (unpaired) electrons. The van der Waals surface area contributed by atoms with Gasteiger partial charge in [0.15, 0.2) is 0 Å². The molecule has 2 heteroatoms. The third-order valence-corrected chi connectivity index (χ3v) is 2.60. The zero-order chi connectivity index (χ0) is 8.10. The van der Waals surface area contributed by atoms with E-state index < -0.39 is 0 Å². The molecule has 0 bridgehead atoms. The Morgan fingerprint density at radius 2 is 2.18 bits per heavy atom. The molecule has 2 nitrogen and oxygen atoms in total. The predicted octanol–water partition coefficient (Wildman–Crippen LogP) is 1.58. The van der Waals surface area contributed by atoms with Gasteiger partial charge in [0, 0.05) is 6.04 Å². The molecule has 1 fully saturated rings. The zero-order valence-corrected chi connectivity index (χ0v) is 7.05. The monoisotopic (exact) mass is 154 g/mol. The van der Waals surface area contributed by atoms with E-state index in [1.165, 1.54) is 25.7 Å². The Hall–Kier alpha value is -0.340. The maximum atomic E-state index is 5.44. The summed E-state index contributed by atoms with van der Waals surface area (Å²) in [7, 11) is 0. The first-order valence-corrected chi connectivity index (χ1v) is 4.45. The van der Waals surface area contributed by atoms with Gasteiger partial charge in [0.05, 0.1) is 0 Å². The summed E-state index contributed by atoms with van der Waals surface area (Å²) in [6.45, 7) is 3.72. The molecule has 1 rings (SSSR count). The number of hydrazine groups is 1. The first-order valence-electron chi connectivity index (χ1n) is 4.45. The van der Waals surface area contributed by atoms with Crippen LogP contribution in [0.3, 0.4) is 0 Å². The molecule has 1 aliphatic rings. The van der Waals surface area contributed by atoms with Gasteiger partial charge in [-0.15, -0.1) is 6.58 Å². The summed E-state index contributed by atoms with van der Waals surface area (Å²) in [4.78, 5) is 0. The molecule has 0 aromatic heterocycles.